The lowest BCUT2D eigenvalue weighted by molar-refractivity contribution is 0.144. The highest BCUT2D eigenvalue weighted by Crippen LogP contribution is 2.07. The van der Waals surface area contributed by atoms with Gasteiger partial charge in [0.1, 0.15) is 0 Å². The van der Waals surface area contributed by atoms with Gasteiger partial charge in [0, 0.05) is 18.5 Å². The Morgan fingerprint density at radius 1 is 1.50 bits per heavy atom. The van der Waals surface area contributed by atoms with E-state index in [9.17, 15) is 0 Å². The lowest BCUT2D eigenvalue weighted by Crippen LogP contribution is -2.39. The number of piperidine rings is 1. The van der Waals surface area contributed by atoms with Crippen molar-refractivity contribution in [2.45, 2.75) is 17.9 Å². The average molecular weight is 136 g/mol. The molecule has 2 nitrogen and oxygen atoms in total. The van der Waals surface area contributed by atoms with Crippen LogP contribution in [-0.2, 0) is 0 Å². The molecular weight excluding hydrogens is 126 g/mol. The third-order valence-corrected chi connectivity index (χ3v) is 1.61. The summed E-state index contributed by atoms with van der Waals surface area (Å²) in [5.74, 6) is 0. The Hall–Kier alpha value is 0.210. The second kappa shape index (κ2) is 2.67. The molecule has 0 bridgehead atoms. The van der Waals surface area contributed by atoms with Gasteiger partial charge in [-0.05, 0) is 6.42 Å². The van der Waals surface area contributed by atoms with Crippen LogP contribution < -0.4 is 5.32 Å². The number of β-amino-alcohol motifs (C(OH)–C–C–N with tert-alkyl or cyclic N) is 1. The average Bonchev–Trinajstić information content (AvgIpc) is 1.64. The molecule has 2 N–H and O–H groups in total. The second-order valence-electron chi connectivity index (χ2n) is 2.15. The summed E-state index contributed by atoms with van der Waals surface area (Å²) in [7, 11) is 0. The quantitative estimate of drug-likeness (QED) is 0.457. The van der Waals surface area contributed by atoms with E-state index in [1.807, 2.05) is 0 Å². The zero-order valence-corrected chi connectivity index (χ0v) is 5.36. The topological polar surface area (TPSA) is 32.3 Å². The molecule has 1 rings (SSSR count). The van der Waals surface area contributed by atoms with Crippen LogP contribution in [0.4, 0.5) is 0 Å². The Morgan fingerprint density at radius 3 is 2.62 bits per heavy atom. The van der Waals surface area contributed by atoms with Crippen LogP contribution in [0.2, 0.25) is 0 Å². The van der Waals surface area contributed by atoms with E-state index >= 15 is 0 Å². The fourth-order valence-electron chi connectivity index (χ4n) is 0.868. The number of nitrogens with one attached hydrogen (secondary N) is 1. The zero-order valence-electron chi connectivity index (χ0n) is 4.60. The van der Waals surface area contributed by atoms with E-state index in [1.54, 1.807) is 0 Å². The summed E-state index contributed by atoms with van der Waals surface area (Å²) in [6.45, 7) is 1.53. The minimum Gasteiger partial charge on any atom is -0.392 e. The van der Waals surface area contributed by atoms with Crippen LogP contribution in [0.15, 0.2) is 0 Å². The predicted molar refractivity (Wildman–Crippen MR) is 33.1 cm³/mol. The predicted octanol–water partition coefficient (Wildman–Crippen LogP) is -0.0520. The summed E-state index contributed by atoms with van der Waals surface area (Å²) in [6, 6.07) is 0. The van der Waals surface area contributed by atoms with Crippen LogP contribution in [0.25, 0.3) is 0 Å². The highest BCUT2D eigenvalue weighted by atomic mass is 35.5. The summed E-state index contributed by atoms with van der Waals surface area (Å²) >= 11 is 5.69. The van der Waals surface area contributed by atoms with Crippen LogP contribution in [0.5, 0.6) is 0 Å². The molecule has 1 aliphatic heterocycles. The van der Waals surface area contributed by atoms with Gasteiger partial charge in [-0.3, -0.25) is 0 Å². The van der Waals surface area contributed by atoms with Crippen molar-refractivity contribution in [3.05, 3.63) is 0 Å². The van der Waals surface area contributed by atoms with Gasteiger partial charge in [0.2, 0.25) is 0 Å². The molecule has 8 heavy (non-hydrogen) atoms. The standard InChI is InChI=1S/C5H10ClNO/c6-4-1-5(8)3-7-2-4/h4-5,7-8H,1-3H2. The van der Waals surface area contributed by atoms with Crippen molar-refractivity contribution in [1.82, 2.24) is 5.32 Å². The molecular formula is C5H10ClNO. The molecule has 2 atom stereocenters. The Labute approximate surface area is 53.8 Å². The Morgan fingerprint density at radius 2 is 2.25 bits per heavy atom. The van der Waals surface area contributed by atoms with Crippen LogP contribution in [-0.4, -0.2) is 29.7 Å². The van der Waals surface area contributed by atoms with Gasteiger partial charge in [0.15, 0.2) is 0 Å². The Balaban J connectivity index is 2.23. The number of aliphatic hydroxyl groups is 1. The van der Waals surface area contributed by atoms with Crippen LogP contribution >= 0.6 is 11.6 Å². The molecule has 1 fully saturated rings. The highest BCUT2D eigenvalue weighted by molar-refractivity contribution is 6.20. The normalized spacial score (nSPS) is 39.8. The molecule has 0 radical (unpaired) electrons. The molecule has 0 amide bonds. The van der Waals surface area contributed by atoms with Gasteiger partial charge in [-0.25, -0.2) is 0 Å². The molecule has 3 heteroatoms. The molecule has 0 aromatic heterocycles. The first-order valence-electron chi connectivity index (χ1n) is 2.82. The van der Waals surface area contributed by atoms with E-state index < -0.39 is 0 Å². The van der Waals surface area contributed by atoms with Gasteiger partial charge in [0.25, 0.3) is 0 Å². The summed E-state index contributed by atoms with van der Waals surface area (Å²) < 4.78 is 0. The van der Waals surface area contributed by atoms with Gasteiger partial charge in [-0.2, -0.15) is 0 Å². The SMILES string of the molecule is OC1CNCC(Cl)C1. The smallest absolute Gasteiger partial charge is 0.0679 e. The molecule has 1 heterocycles. The molecule has 0 aliphatic carbocycles. The molecule has 48 valence electrons. The number of hydrogen-bond donors (Lipinski definition) is 2. The van der Waals surface area contributed by atoms with Crippen molar-refractivity contribution in [2.75, 3.05) is 13.1 Å². The molecule has 1 aliphatic rings. The molecule has 0 aromatic rings. The summed E-state index contributed by atoms with van der Waals surface area (Å²) in [5.41, 5.74) is 0. The lowest BCUT2D eigenvalue weighted by atomic mass is 10.1. The van der Waals surface area contributed by atoms with Crippen molar-refractivity contribution in [1.29, 1.82) is 0 Å². The fourth-order valence-corrected chi connectivity index (χ4v) is 1.18. The minimum atomic E-state index is -0.230. The van der Waals surface area contributed by atoms with Gasteiger partial charge < -0.3 is 10.4 Å². The first kappa shape index (κ1) is 6.33. The maximum Gasteiger partial charge on any atom is 0.0679 e. The number of aliphatic hydroxyl groups excluding tert-OH is 1. The van der Waals surface area contributed by atoms with E-state index in [1.165, 1.54) is 0 Å². The van der Waals surface area contributed by atoms with Gasteiger partial charge in [0.05, 0.1) is 6.10 Å². The van der Waals surface area contributed by atoms with Crippen LogP contribution in [0.3, 0.4) is 0 Å². The number of halogens is 1. The molecule has 0 aromatic carbocycles. The first-order valence-corrected chi connectivity index (χ1v) is 3.25. The van der Waals surface area contributed by atoms with Crippen LogP contribution in [0, 0.1) is 0 Å². The van der Waals surface area contributed by atoms with Crippen molar-refractivity contribution in [2.24, 2.45) is 0 Å². The van der Waals surface area contributed by atoms with E-state index in [-0.39, 0.29) is 11.5 Å². The van der Waals surface area contributed by atoms with Gasteiger partial charge >= 0.3 is 0 Å². The van der Waals surface area contributed by atoms with E-state index in [0.29, 0.717) is 6.54 Å². The lowest BCUT2D eigenvalue weighted by Gasteiger charge is -2.21. The van der Waals surface area contributed by atoms with Crippen molar-refractivity contribution >= 4 is 11.6 Å². The van der Waals surface area contributed by atoms with E-state index in [0.717, 1.165) is 13.0 Å². The monoisotopic (exact) mass is 135 g/mol. The maximum atomic E-state index is 8.93. The fraction of sp³-hybridized carbons (Fsp3) is 1.00. The first-order chi connectivity index (χ1) is 3.79. The van der Waals surface area contributed by atoms with Gasteiger partial charge in [-0.15, -0.1) is 11.6 Å². The number of alkyl halides is 1. The summed E-state index contributed by atoms with van der Waals surface area (Å²) in [4.78, 5) is 0. The number of rotatable bonds is 0. The zero-order chi connectivity index (χ0) is 5.98. The third kappa shape index (κ3) is 1.62. The van der Waals surface area contributed by atoms with Gasteiger partial charge in [-0.1, -0.05) is 0 Å². The largest absolute Gasteiger partial charge is 0.392 e. The molecule has 0 spiro atoms. The number of hydrogen-bond acceptors (Lipinski definition) is 2. The van der Waals surface area contributed by atoms with Crippen LogP contribution in [0.1, 0.15) is 6.42 Å². The molecule has 2 unspecified atom stereocenters. The summed E-state index contributed by atoms with van der Waals surface area (Å²) in [5, 5.41) is 12.1. The molecule has 0 saturated carbocycles. The van der Waals surface area contributed by atoms with Crippen molar-refractivity contribution in [3.63, 3.8) is 0 Å². The highest BCUT2D eigenvalue weighted by Gasteiger charge is 2.16. The van der Waals surface area contributed by atoms with Crippen molar-refractivity contribution in [3.8, 4) is 0 Å². The Bertz CT molecular complexity index is 70.8. The van der Waals surface area contributed by atoms with Crippen molar-refractivity contribution < 1.29 is 5.11 Å². The second-order valence-corrected chi connectivity index (χ2v) is 2.76. The minimum absolute atomic E-state index is 0.124. The van der Waals surface area contributed by atoms with E-state index in [2.05, 4.69) is 5.32 Å². The molecule has 1 saturated heterocycles. The van der Waals surface area contributed by atoms with E-state index in [4.69, 9.17) is 16.7 Å². The third-order valence-electron chi connectivity index (χ3n) is 1.27. The summed E-state index contributed by atoms with van der Waals surface area (Å²) in [6.07, 6.45) is 0.500. The Kier molecular flexibility index (Phi) is 2.11. The maximum absolute atomic E-state index is 8.93.